The lowest BCUT2D eigenvalue weighted by molar-refractivity contribution is -0.120. The summed E-state index contributed by atoms with van der Waals surface area (Å²) < 4.78 is 11.1. The Morgan fingerprint density at radius 2 is 1.95 bits per heavy atom. The Balaban J connectivity index is 1.15. The lowest BCUT2D eigenvalue weighted by atomic mass is 9.91. The van der Waals surface area contributed by atoms with Crippen molar-refractivity contribution in [3.8, 4) is 5.75 Å². The van der Waals surface area contributed by atoms with Crippen molar-refractivity contribution in [1.82, 2.24) is 9.97 Å². The summed E-state index contributed by atoms with van der Waals surface area (Å²) in [5.74, 6) is 2.25. The third-order valence-corrected chi connectivity index (χ3v) is 8.58. The molecule has 1 saturated heterocycles. The van der Waals surface area contributed by atoms with Crippen LogP contribution in [0.2, 0.25) is 0 Å². The number of hydrogen-bond donors (Lipinski definition) is 2. The van der Waals surface area contributed by atoms with Crippen molar-refractivity contribution in [2.45, 2.75) is 63.7 Å². The minimum Gasteiger partial charge on any atom is -0.497 e. The van der Waals surface area contributed by atoms with Gasteiger partial charge in [-0.2, -0.15) is 4.98 Å². The minimum atomic E-state index is -0.853. The fourth-order valence-electron chi connectivity index (χ4n) is 6.30. The number of aryl methyl sites for hydroxylation is 1. The first kappa shape index (κ1) is 27.3. The van der Waals surface area contributed by atoms with Crippen LogP contribution in [-0.2, 0) is 21.5 Å². The SMILES string of the molecule is COc1ccc2c(c1)[C@]1(C[C@H]1c1ccc3c(c1)CN=C3Nc1nc(N3CC(O)C3)ncc1C)C(=O)N2C(=O)OC(C)(C)C. The van der Waals surface area contributed by atoms with E-state index in [2.05, 4.69) is 21.4 Å². The molecule has 4 heterocycles. The summed E-state index contributed by atoms with van der Waals surface area (Å²) in [6.45, 7) is 8.84. The number of hydrogen-bond acceptors (Lipinski definition) is 10. The van der Waals surface area contributed by atoms with Gasteiger partial charge in [-0.3, -0.25) is 9.79 Å². The van der Waals surface area contributed by atoms with Crippen molar-refractivity contribution in [2.24, 2.45) is 4.99 Å². The number of carbonyl (C=O) groups excluding carboxylic acids is 2. The van der Waals surface area contributed by atoms with Gasteiger partial charge in [0.25, 0.3) is 0 Å². The highest BCUT2D eigenvalue weighted by Crippen LogP contribution is 2.67. The molecule has 7 rings (SSSR count). The number of imide groups is 1. The second kappa shape index (κ2) is 9.50. The number of rotatable bonds is 4. The molecule has 0 radical (unpaired) electrons. The molecule has 1 saturated carbocycles. The van der Waals surface area contributed by atoms with Gasteiger partial charge in [0, 0.05) is 36.3 Å². The molecule has 2 amide bonds. The molecular weight excluding hydrogens is 548 g/mol. The first-order chi connectivity index (χ1) is 20.5. The normalized spacial score (nSPS) is 22.2. The van der Waals surface area contributed by atoms with Gasteiger partial charge in [-0.1, -0.05) is 18.2 Å². The van der Waals surface area contributed by atoms with Crippen molar-refractivity contribution < 1.29 is 24.2 Å². The molecule has 2 aromatic carbocycles. The molecule has 0 unspecified atom stereocenters. The van der Waals surface area contributed by atoms with Crippen molar-refractivity contribution in [3.63, 3.8) is 0 Å². The molecule has 3 aromatic rings. The number of aliphatic hydroxyl groups excluding tert-OH is 1. The van der Waals surface area contributed by atoms with E-state index in [4.69, 9.17) is 14.5 Å². The van der Waals surface area contributed by atoms with Crippen LogP contribution in [0.25, 0.3) is 0 Å². The van der Waals surface area contributed by atoms with E-state index in [0.29, 0.717) is 49.3 Å². The Hall–Kier alpha value is -4.51. The van der Waals surface area contributed by atoms with Crippen LogP contribution < -0.4 is 19.9 Å². The van der Waals surface area contributed by atoms with Crippen LogP contribution >= 0.6 is 0 Å². The number of amidine groups is 1. The van der Waals surface area contributed by atoms with Gasteiger partial charge in [0.15, 0.2) is 0 Å². The molecule has 1 aliphatic carbocycles. The number of ether oxygens (including phenoxy) is 2. The summed E-state index contributed by atoms with van der Waals surface area (Å²) in [7, 11) is 1.59. The topological polar surface area (TPSA) is 129 Å². The zero-order valence-corrected chi connectivity index (χ0v) is 24.8. The number of aliphatic hydroxyl groups is 1. The highest BCUT2D eigenvalue weighted by atomic mass is 16.6. The van der Waals surface area contributed by atoms with Crippen LogP contribution in [0.1, 0.15) is 60.9 Å². The summed E-state index contributed by atoms with van der Waals surface area (Å²) in [5, 5.41) is 13.0. The number of nitrogens with zero attached hydrogens (tertiary/aromatic N) is 5. The first-order valence-electron chi connectivity index (χ1n) is 14.5. The highest BCUT2D eigenvalue weighted by molar-refractivity contribution is 6.23. The van der Waals surface area contributed by atoms with E-state index in [-0.39, 0.29) is 17.9 Å². The molecule has 43 heavy (non-hydrogen) atoms. The second-order valence-electron chi connectivity index (χ2n) is 12.7. The van der Waals surface area contributed by atoms with Crippen LogP contribution in [0.3, 0.4) is 0 Å². The van der Waals surface area contributed by atoms with Crippen molar-refractivity contribution in [3.05, 3.63) is 70.4 Å². The van der Waals surface area contributed by atoms with E-state index in [1.807, 2.05) is 30.0 Å². The molecule has 2 N–H and O–H groups in total. The molecule has 0 bridgehead atoms. The fourth-order valence-corrected chi connectivity index (χ4v) is 6.30. The molecular formula is C32H34N6O5. The number of amides is 2. The molecule has 2 fully saturated rings. The van der Waals surface area contributed by atoms with E-state index in [1.165, 1.54) is 4.90 Å². The summed E-state index contributed by atoms with van der Waals surface area (Å²) in [5.41, 5.74) is 3.70. The van der Waals surface area contributed by atoms with E-state index in [0.717, 1.165) is 33.7 Å². The maximum absolute atomic E-state index is 14.0. The third kappa shape index (κ3) is 4.41. The quantitative estimate of drug-likeness (QED) is 0.468. The number of aromatic nitrogens is 2. The van der Waals surface area contributed by atoms with Gasteiger partial charge in [-0.15, -0.1) is 0 Å². The molecule has 4 aliphatic rings. The van der Waals surface area contributed by atoms with Crippen LogP contribution in [0.15, 0.2) is 47.6 Å². The molecule has 3 aliphatic heterocycles. The maximum atomic E-state index is 14.0. The van der Waals surface area contributed by atoms with Crippen LogP contribution in [0.4, 0.5) is 22.2 Å². The number of nitrogens with one attached hydrogen (secondary N) is 1. The Bertz CT molecular complexity index is 1710. The summed E-state index contributed by atoms with van der Waals surface area (Å²) >= 11 is 0. The molecule has 11 heteroatoms. The second-order valence-corrected chi connectivity index (χ2v) is 12.7. The Morgan fingerprint density at radius 3 is 2.67 bits per heavy atom. The smallest absolute Gasteiger partial charge is 0.421 e. The van der Waals surface area contributed by atoms with Gasteiger partial charge in [-0.05, 0) is 69.0 Å². The third-order valence-electron chi connectivity index (χ3n) is 8.58. The Morgan fingerprint density at radius 1 is 1.16 bits per heavy atom. The number of aliphatic imine (C=N–C) groups is 1. The molecule has 222 valence electrons. The number of β-amino-alcohol motifs (C(OH)–C–C–N with tert-alkyl or cyclic N) is 1. The average molecular weight is 583 g/mol. The lowest BCUT2D eigenvalue weighted by Gasteiger charge is -2.35. The zero-order chi connectivity index (χ0) is 30.3. The van der Waals surface area contributed by atoms with Crippen molar-refractivity contribution in [1.29, 1.82) is 0 Å². The molecule has 2 atom stereocenters. The zero-order valence-electron chi connectivity index (χ0n) is 24.8. The Kier molecular flexibility index (Phi) is 6.04. The van der Waals surface area contributed by atoms with Crippen LogP contribution in [0, 0.1) is 6.92 Å². The number of fused-ring (bicyclic) bond motifs is 3. The number of carbonyl (C=O) groups is 2. The lowest BCUT2D eigenvalue weighted by Crippen LogP contribution is -2.51. The van der Waals surface area contributed by atoms with Crippen molar-refractivity contribution in [2.75, 3.05) is 35.3 Å². The summed E-state index contributed by atoms with van der Waals surface area (Å²) in [6.07, 6.45) is 1.35. The molecule has 11 nitrogen and oxygen atoms in total. The standard InChI is InChI=1S/C32H34N6O5/c1-17-13-34-29(37-15-20(39)16-37)36-26(17)35-27-22-8-6-18(10-19(22)14-33-27)24-12-32(24)23-11-21(42-5)7-9-25(23)38(28(32)40)30(41)43-31(2,3)4/h6-11,13,20,24,39H,12,14-16H2,1-5H3,(H,33,34,35,36)/t24-,32-/m0/s1. The predicted molar refractivity (Wildman–Crippen MR) is 161 cm³/mol. The molecule has 1 aromatic heterocycles. The monoisotopic (exact) mass is 582 g/mol. The van der Waals surface area contributed by atoms with Crippen LogP contribution in [0.5, 0.6) is 5.75 Å². The minimum absolute atomic E-state index is 0.0980. The average Bonchev–Trinajstić information content (AvgIpc) is 3.51. The van der Waals surface area contributed by atoms with E-state index in [1.54, 1.807) is 46.2 Å². The molecule has 1 spiro atoms. The highest BCUT2D eigenvalue weighted by Gasteiger charge is 2.68. The Labute approximate surface area is 249 Å². The summed E-state index contributed by atoms with van der Waals surface area (Å²) in [6, 6.07) is 11.6. The number of benzene rings is 2. The number of anilines is 3. The van der Waals surface area contributed by atoms with Gasteiger partial charge >= 0.3 is 6.09 Å². The fraction of sp³-hybridized carbons (Fsp3) is 0.406. The van der Waals surface area contributed by atoms with E-state index < -0.39 is 17.1 Å². The van der Waals surface area contributed by atoms with Gasteiger partial charge < -0.3 is 24.8 Å². The predicted octanol–water partition coefficient (Wildman–Crippen LogP) is 4.05. The number of methoxy groups -OCH3 is 1. The largest absolute Gasteiger partial charge is 0.497 e. The van der Waals surface area contributed by atoms with Crippen LogP contribution in [-0.4, -0.2) is 64.8 Å². The first-order valence-corrected chi connectivity index (χ1v) is 14.5. The van der Waals surface area contributed by atoms with Crippen molar-refractivity contribution >= 4 is 35.3 Å². The van der Waals surface area contributed by atoms with E-state index >= 15 is 0 Å². The summed E-state index contributed by atoms with van der Waals surface area (Å²) in [4.78, 5) is 44.2. The maximum Gasteiger partial charge on any atom is 0.421 e. The van der Waals surface area contributed by atoms with E-state index in [9.17, 15) is 14.7 Å². The van der Waals surface area contributed by atoms with Gasteiger partial charge in [0.2, 0.25) is 11.9 Å². The van der Waals surface area contributed by atoms with Gasteiger partial charge in [0.1, 0.15) is 23.0 Å². The van der Waals surface area contributed by atoms with Gasteiger partial charge in [0.05, 0.1) is 30.9 Å². The van der Waals surface area contributed by atoms with Gasteiger partial charge in [-0.25, -0.2) is 14.7 Å².